The van der Waals surface area contributed by atoms with E-state index in [1.54, 1.807) is 0 Å². The number of ether oxygens (including phenoxy) is 2. The van der Waals surface area contributed by atoms with Gasteiger partial charge < -0.3 is 14.6 Å². The molecule has 0 radical (unpaired) electrons. The summed E-state index contributed by atoms with van der Waals surface area (Å²) < 4.78 is 58.2. The van der Waals surface area contributed by atoms with Crippen LogP contribution in [0.1, 0.15) is 47.1 Å². The highest BCUT2D eigenvalue weighted by Gasteiger charge is 2.30. The molecule has 2 rings (SSSR count). The van der Waals surface area contributed by atoms with E-state index in [2.05, 4.69) is 4.74 Å². The zero-order valence-corrected chi connectivity index (χ0v) is 16.5. The number of aromatic hydroxyl groups is 1. The Balaban J connectivity index is 0. The van der Waals surface area contributed by atoms with E-state index < -0.39 is 12.2 Å². The smallest absolute Gasteiger partial charge is 0.508 e. The first-order valence-corrected chi connectivity index (χ1v) is 8.79. The summed E-state index contributed by atoms with van der Waals surface area (Å²) in [5.41, 5.74) is 0.521. The van der Waals surface area contributed by atoms with Gasteiger partial charge in [0, 0.05) is 6.07 Å². The number of halogens is 4. The number of benzene rings is 2. The van der Waals surface area contributed by atoms with E-state index in [0.29, 0.717) is 5.56 Å². The van der Waals surface area contributed by atoms with Crippen LogP contribution < -0.4 is 9.47 Å². The van der Waals surface area contributed by atoms with Crippen molar-refractivity contribution >= 4 is 0 Å². The van der Waals surface area contributed by atoms with Crippen molar-refractivity contribution in [3.8, 4) is 17.2 Å². The van der Waals surface area contributed by atoms with Crippen molar-refractivity contribution in [1.29, 1.82) is 0 Å². The molecule has 0 atom stereocenters. The first-order valence-electron chi connectivity index (χ1n) is 8.79. The first-order chi connectivity index (χ1) is 12.8. The predicted octanol–water partition coefficient (Wildman–Crippen LogP) is 7.09. The third kappa shape index (κ3) is 11.7. The van der Waals surface area contributed by atoms with E-state index in [1.807, 2.05) is 41.5 Å². The Hall–Kier alpha value is -2.44. The second-order valence-electron chi connectivity index (χ2n) is 4.10. The second kappa shape index (κ2) is 14.7. The Morgan fingerprint density at radius 3 is 1.85 bits per heavy atom. The standard InChI is InChI=1S/C14H10F4O3.3C2H6/c15-12-6-3-10(19)7-13(12)20-8-9-1-4-11(5-2-9)21-14(16,17)18;3*1-2/h1-7,19H,8H2;3*1-2H3. The highest BCUT2D eigenvalue weighted by molar-refractivity contribution is 5.34. The Kier molecular flexibility index (Phi) is 14.6. The van der Waals surface area contributed by atoms with Crippen molar-refractivity contribution in [3.63, 3.8) is 0 Å². The molecule has 0 unspecified atom stereocenters. The zero-order chi connectivity index (χ0) is 21.5. The van der Waals surface area contributed by atoms with Gasteiger partial charge in [0.1, 0.15) is 18.1 Å². The van der Waals surface area contributed by atoms with Crippen LogP contribution in [0.4, 0.5) is 17.6 Å². The molecule has 0 amide bonds. The summed E-state index contributed by atoms with van der Waals surface area (Å²) in [5, 5.41) is 9.21. The summed E-state index contributed by atoms with van der Waals surface area (Å²) in [6.45, 7) is 11.9. The van der Waals surface area contributed by atoms with Crippen molar-refractivity contribution in [2.75, 3.05) is 0 Å². The molecule has 0 aliphatic carbocycles. The number of alkyl halides is 3. The molecule has 2 aromatic carbocycles. The fourth-order valence-corrected chi connectivity index (χ4v) is 1.55. The number of phenolic OH excluding ortho intramolecular Hbond substituents is 1. The van der Waals surface area contributed by atoms with Gasteiger partial charge in [-0.2, -0.15) is 0 Å². The summed E-state index contributed by atoms with van der Waals surface area (Å²) in [6.07, 6.45) is -4.75. The van der Waals surface area contributed by atoms with Crippen LogP contribution in [-0.4, -0.2) is 11.5 Å². The van der Waals surface area contributed by atoms with Crippen LogP contribution in [-0.2, 0) is 6.61 Å². The average molecular weight is 392 g/mol. The molecule has 1 N–H and O–H groups in total. The molecular weight excluding hydrogens is 364 g/mol. The Morgan fingerprint density at radius 1 is 0.852 bits per heavy atom. The van der Waals surface area contributed by atoms with Crippen molar-refractivity contribution in [2.24, 2.45) is 0 Å². The Morgan fingerprint density at radius 2 is 1.37 bits per heavy atom. The van der Waals surface area contributed by atoms with Crippen molar-refractivity contribution in [2.45, 2.75) is 54.5 Å². The lowest BCUT2D eigenvalue weighted by Gasteiger charge is -2.10. The fourth-order valence-electron chi connectivity index (χ4n) is 1.55. The Bertz CT molecular complexity index is 612. The van der Waals surface area contributed by atoms with E-state index in [-0.39, 0.29) is 23.9 Å². The molecule has 0 saturated heterocycles. The quantitative estimate of drug-likeness (QED) is 0.565. The lowest BCUT2D eigenvalue weighted by Crippen LogP contribution is -2.17. The lowest BCUT2D eigenvalue weighted by molar-refractivity contribution is -0.274. The minimum Gasteiger partial charge on any atom is -0.508 e. The van der Waals surface area contributed by atoms with Crippen LogP contribution in [0.3, 0.4) is 0 Å². The maximum absolute atomic E-state index is 13.3. The minimum absolute atomic E-state index is 0.0628. The molecule has 0 saturated carbocycles. The Labute approximate surface area is 158 Å². The van der Waals surface area contributed by atoms with E-state index in [0.717, 1.165) is 24.3 Å². The van der Waals surface area contributed by atoms with Gasteiger partial charge in [0.15, 0.2) is 11.6 Å². The lowest BCUT2D eigenvalue weighted by atomic mass is 10.2. The van der Waals surface area contributed by atoms with Gasteiger partial charge in [0.2, 0.25) is 0 Å². The zero-order valence-electron chi connectivity index (χ0n) is 16.5. The van der Waals surface area contributed by atoms with Gasteiger partial charge in [0.25, 0.3) is 0 Å². The minimum atomic E-state index is -4.75. The SMILES string of the molecule is CC.CC.CC.Oc1ccc(F)c(OCc2ccc(OC(F)(F)F)cc2)c1. The van der Waals surface area contributed by atoms with E-state index in [4.69, 9.17) is 4.74 Å². The summed E-state index contributed by atoms with van der Waals surface area (Å²) >= 11 is 0. The van der Waals surface area contributed by atoms with Crippen molar-refractivity contribution < 1.29 is 32.1 Å². The topological polar surface area (TPSA) is 38.7 Å². The highest BCUT2D eigenvalue weighted by Crippen LogP contribution is 2.25. The molecule has 2 aromatic rings. The fraction of sp³-hybridized carbons (Fsp3) is 0.400. The van der Waals surface area contributed by atoms with Crippen molar-refractivity contribution in [3.05, 3.63) is 53.8 Å². The maximum Gasteiger partial charge on any atom is 0.573 e. The van der Waals surface area contributed by atoms with Crippen molar-refractivity contribution in [1.82, 2.24) is 0 Å². The number of hydrogen-bond acceptors (Lipinski definition) is 3. The normalized spacial score (nSPS) is 9.41. The monoisotopic (exact) mass is 392 g/mol. The third-order valence-electron chi connectivity index (χ3n) is 2.47. The molecule has 154 valence electrons. The number of phenols is 1. The van der Waals surface area contributed by atoms with E-state index >= 15 is 0 Å². The van der Waals surface area contributed by atoms with E-state index in [9.17, 15) is 22.7 Å². The molecule has 0 fully saturated rings. The van der Waals surface area contributed by atoms with Crippen LogP contribution in [0.2, 0.25) is 0 Å². The molecule has 0 spiro atoms. The van der Waals surface area contributed by atoms with Crippen LogP contribution in [0, 0.1) is 5.82 Å². The van der Waals surface area contributed by atoms with Gasteiger partial charge in [0.05, 0.1) is 0 Å². The number of hydrogen-bond donors (Lipinski definition) is 1. The summed E-state index contributed by atoms with van der Waals surface area (Å²) in [7, 11) is 0. The largest absolute Gasteiger partial charge is 0.573 e. The molecule has 27 heavy (non-hydrogen) atoms. The number of rotatable bonds is 4. The van der Waals surface area contributed by atoms with Gasteiger partial charge in [-0.1, -0.05) is 53.7 Å². The van der Waals surface area contributed by atoms with Gasteiger partial charge >= 0.3 is 6.36 Å². The third-order valence-corrected chi connectivity index (χ3v) is 2.47. The molecule has 0 aliphatic rings. The van der Waals surface area contributed by atoms with Crippen LogP contribution >= 0.6 is 0 Å². The predicted molar refractivity (Wildman–Crippen MR) is 99.6 cm³/mol. The summed E-state index contributed by atoms with van der Waals surface area (Å²) in [4.78, 5) is 0. The average Bonchev–Trinajstić information content (AvgIpc) is 2.67. The first kappa shape index (κ1) is 26.8. The van der Waals surface area contributed by atoms with Crippen LogP contribution in [0.25, 0.3) is 0 Å². The molecular formula is C20H28F4O3. The summed E-state index contributed by atoms with van der Waals surface area (Å²) in [5.74, 6) is -1.30. The molecule has 0 bridgehead atoms. The van der Waals surface area contributed by atoms with Gasteiger partial charge in [-0.05, 0) is 29.8 Å². The highest BCUT2D eigenvalue weighted by atomic mass is 19.4. The van der Waals surface area contributed by atoms with E-state index in [1.165, 1.54) is 18.2 Å². The molecule has 0 heterocycles. The molecule has 0 aliphatic heterocycles. The summed E-state index contributed by atoms with van der Waals surface area (Å²) in [6, 6.07) is 8.31. The second-order valence-corrected chi connectivity index (χ2v) is 4.10. The molecule has 0 aromatic heterocycles. The van der Waals surface area contributed by atoms with Crippen LogP contribution in [0.15, 0.2) is 42.5 Å². The van der Waals surface area contributed by atoms with Gasteiger partial charge in [-0.25, -0.2) is 4.39 Å². The molecule has 3 nitrogen and oxygen atoms in total. The van der Waals surface area contributed by atoms with Gasteiger partial charge in [-0.3, -0.25) is 0 Å². The van der Waals surface area contributed by atoms with Crippen LogP contribution in [0.5, 0.6) is 17.2 Å². The van der Waals surface area contributed by atoms with Gasteiger partial charge in [-0.15, -0.1) is 13.2 Å². The molecule has 7 heteroatoms. The maximum atomic E-state index is 13.3.